The van der Waals surface area contributed by atoms with Gasteiger partial charge in [-0.3, -0.25) is 9.48 Å². The van der Waals surface area contributed by atoms with Crippen LogP contribution in [0.1, 0.15) is 47.6 Å². The molecule has 0 unspecified atom stereocenters. The van der Waals surface area contributed by atoms with Crippen LogP contribution in [-0.4, -0.2) is 38.4 Å². The lowest BCUT2D eigenvalue weighted by Gasteiger charge is -2.24. The third-order valence-electron chi connectivity index (χ3n) is 5.95. The molecule has 1 aliphatic carbocycles. The molecular weight excluding hydrogens is 459 g/mol. The number of nitrogens with one attached hydrogen (secondary N) is 2. The van der Waals surface area contributed by atoms with Crippen molar-refractivity contribution in [2.24, 2.45) is 5.92 Å². The van der Waals surface area contributed by atoms with Crippen LogP contribution in [0.25, 0.3) is 11.3 Å². The first-order valence-corrected chi connectivity index (χ1v) is 11.2. The van der Waals surface area contributed by atoms with Crippen LogP contribution in [-0.2, 0) is 0 Å². The lowest BCUT2D eigenvalue weighted by molar-refractivity contribution is -0.123. The number of aromatic nitrogens is 4. The number of aryl methyl sites for hydroxylation is 1. The number of hydrogen-bond acceptors (Lipinski definition) is 6. The van der Waals surface area contributed by atoms with Gasteiger partial charge >= 0.3 is 6.18 Å². The predicted molar refractivity (Wildman–Crippen MR) is 123 cm³/mol. The van der Waals surface area contributed by atoms with Crippen LogP contribution in [0.3, 0.4) is 0 Å². The normalized spacial score (nSPS) is 18.0. The molecule has 8 nitrogen and oxygen atoms in total. The summed E-state index contributed by atoms with van der Waals surface area (Å²) in [7, 11) is 0. The van der Waals surface area contributed by atoms with Gasteiger partial charge in [-0.15, -0.1) is 0 Å². The van der Waals surface area contributed by atoms with E-state index in [9.17, 15) is 18.0 Å². The van der Waals surface area contributed by atoms with Crippen molar-refractivity contribution < 1.29 is 18.0 Å². The van der Waals surface area contributed by atoms with Crippen molar-refractivity contribution in [1.29, 1.82) is 5.26 Å². The fourth-order valence-corrected chi connectivity index (χ4v) is 4.06. The zero-order chi connectivity index (χ0) is 25.0. The molecule has 0 spiro atoms. The van der Waals surface area contributed by atoms with E-state index in [4.69, 9.17) is 5.26 Å². The Morgan fingerprint density at radius 2 is 1.89 bits per heavy atom. The first-order valence-electron chi connectivity index (χ1n) is 11.2. The lowest BCUT2D eigenvalue weighted by atomic mass is 9.87. The number of halogens is 3. The molecule has 1 aromatic carbocycles. The van der Waals surface area contributed by atoms with Gasteiger partial charge in [0.15, 0.2) is 0 Å². The number of carbonyl (C=O) groups excluding carboxylic acids is 1. The predicted octanol–water partition coefficient (Wildman–Crippen LogP) is 4.94. The molecule has 0 radical (unpaired) electrons. The molecule has 35 heavy (non-hydrogen) atoms. The molecule has 11 heteroatoms. The Morgan fingerprint density at radius 1 is 1.17 bits per heavy atom. The molecule has 3 aromatic rings. The van der Waals surface area contributed by atoms with Crippen LogP contribution in [0.2, 0.25) is 0 Å². The van der Waals surface area contributed by atoms with Crippen molar-refractivity contribution >= 4 is 17.5 Å². The second-order valence-electron chi connectivity index (χ2n) is 8.57. The monoisotopic (exact) mass is 483 g/mol. The van der Waals surface area contributed by atoms with E-state index in [1.54, 1.807) is 24.5 Å². The molecule has 1 fully saturated rings. The third kappa shape index (κ3) is 6.15. The van der Waals surface area contributed by atoms with Gasteiger partial charge in [-0.25, -0.2) is 9.97 Å². The van der Waals surface area contributed by atoms with E-state index in [1.165, 1.54) is 12.1 Å². The van der Waals surface area contributed by atoms with Gasteiger partial charge in [0.1, 0.15) is 6.54 Å². The number of alkyl halides is 3. The molecule has 0 saturated heterocycles. The lowest BCUT2D eigenvalue weighted by Crippen LogP contribution is -2.33. The molecule has 0 bridgehead atoms. The molecule has 2 N–H and O–H groups in total. The summed E-state index contributed by atoms with van der Waals surface area (Å²) in [5.41, 5.74) is 2.99. The fraction of sp³-hybridized carbons (Fsp3) is 0.375. The van der Waals surface area contributed by atoms with Crippen LogP contribution < -0.4 is 10.6 Å². The molecule has 1 amide bonds. The van der Waals surface area contributed by atoms with Gasteiger partial charge in [-0.05, 0) is 50.3 Å². The van der Waals surface area contributed by atoms with Crippen LogP contribution in [0, 0.1) is 24.2 Å². The van der Waals surface area contributed by atoms with Gasteiger partial charge in [0.05, 0.1) is 29.7 Å². The van der Waals surface area contributed by atoms with Crippen LogP contribution in [0.15, 0.2) is 42.9 Å². The highest BCUT2D eigenvalue weighted by molar-refractivity contribution is 5.94. The van der Waals surface area contributed by atoms with Crippen molar-refractivity contribution in [3.8, 4) is 17.3 Å². The standard InChI is InChI=1S/C24H24F3N7O/c1-15-11-29-23(32-19-12-31-34(13-19)20-8-2-16(10-28)3-9-20)33-21(15)17-4-6-18(7-5-17)22(35)30-14-24(25,26)27/h4-7,11-13,16,20H,2-3,8-9,14H2,1H3,(H,30,35)(H,29,32,33). The minimum Gasteiger partial charge on any atom is -0.343 e. The molecule has 2 heterocycles. The maximum Gasteiger partial charge on any atom is 0.405 e. The summed E-state index contributed by atoms with van der Waals surface area (Å²) in [5, 5.41) is 18.5. The van der Waals surface area contributed by atoms with Gasteiger partial charge in [-0.1, -0.05) is 12.1 Å². The fourth-order valence-electron chi connectivity index (χ4n) is 4.06. The number of carbonyl (C=O) groups is 1. The first-order chi connectivity index (χ1) is 16.7. The summed E-state index contributed by atoms with van der Waals surface area (Å²) >= 11 is 0. The van der Waals surface area contributed by atoms with Crippen molar-refractivity contribution in [2.75, 3.05) is 11.9 Å². The summed E-state index contributed by atoms with van der Waals surface area (Å²) in [4.78, 5) is 20.9. The van der Waals surface area contributed by atoms with Crippen LogP contribution >= 0.6 is 0 Å². The second-order valence-corrected chi connectivity index (χ2v) is 8.57. The topological polar surface area (TPSA) is 109 Å². The van der Waals surface area contributed by atoms with E-state index < -0.39 is 18.6 Å². The van der Waals surface area contributed by atoms with Crippen LogP contribution in [0.5, 0.6) is 0 Å². The van der Waals surface area contributed by atoms with Crippen molar-refractivity contribution in [3.63, 3.8) is 0 Å². The molecule has 1 saturated carbocycles. The maximum atomic E-state index is 12.3. The number of hydrogen-bond donors (Lipinski definition) is 2. The average Bonchev–Trinajstić information content (AvgIpc) is 3.32. The minimum atomic E-state index is -4.47. The van der Waals surface area contributed by atoms with Crippen molar-refractivity contribution in [3.05, 3.63) is 54.0 Å². The highest BCUT2D eigenvalue weighted by atomic mass is 19.4. The Morgan fingerprint density at radius 3 is 2.54 bits per heavy atom. The average molecular weight is 483 g/mol. The maximum absolute atomic E-state index is 12.3. The molecule has 4 rings (SSSR count). The Labute approximate surface area is 200 Å². The zero-order valence-electron chi connectivity index (χ0n) is 19.0. The largest absolute Gasteiger partial charge is 0.405 e. The number of rotatable bonds is 6. The second kappa shape index (κ2) is 10.1. The Kier molecular flexibility index (Phi) is 7.00. The molecule has 182 valence electrons. The molecule has 0 atom stereocenters. The van der Waals surface area contributed by atoms with E-state index in [0.717, 1.165) is 36.9 Å². The number of anilines is 2. The Bertz CT molecular complexity index is 1220. The third-order valence-corrected chi connectivity index (χ3v) is 5.95. The zero-order valence-corrected chi connectivity index (χ0v) is 19.0. The summed E-state index contributed by atoms with van der Waals surface area (Å²) in [6.07, 6.45) is 4.37. The highest BCUT2D eigenvalue weighted by Crippen LogP contribution is 2.32. The molecule has 2 aromatic heterocycles. The number of benzene rings is 1. The van der Waals surface area contributed by atoms with Gasteiger partial charge in [0.2, 0.25) is 5.95 Å². The van der Waals surface area contributed by atoms with E-state index >= 15 is 0 Å². The SMILES string of the molecule is Cc1cnc(Nc2cnn(C3CCC(C#N)CC3)c2)nc1-c1ccc(C(=O)NCC(F)(F)F)cc1. The van der Waals surface area contributed by atoms with Gasteiger partial charge in [0, 0.05) is 29.4 Å². The number of nitriles is 1. The summed E-state index contributed by atoms with van der Waals surface area (Å²) in [6, 6.07) is 8.79. The number of amides is 1. The summed E-state index contributed by atoms with van der Waals surface area (Å²) in [6.45, 7) is 0.462. The number of nitrogens with zero attached hydrogens (tertiary/aromatic N) is 5. The van der Waals surface area contributed by atoms with E-state index in [1.807, 2.05) is 23.1 Å². The minimum absolute atomic E-state index is 0.124. The first kappa shape index (κ1) is 24.2. The van der Waals surface area contributed by atoms with E-state index in [2.05, 4.69) is 26.5 Å². The Balaban J connectivity index is 1.44. The molecule has 0 aliphatic heterocycles. The van der Waals surface area contributed by atoms with Crippen LogP contribution in [0.4, 0.5) is 24.8 Å². The Hall–Kier alpha value is -3.94. The highest BCUT2D eigenvalue weighted by Gasteiger charge is 2.28. The quantitative estimate of drug-likeness (QED) is 0.514. The summed E-state index contributed by atoms with van der Waals surface area (Å²) < 4.78 is 38.9. The van der Waals surface area contributed by atoms with E-state index in [0.29, 0.717) is 17.2 Å². The smallest absolute Gasteiger partial charge is 0.343 e. The van der Waals surface area contributed by atoms with Crippen molar-refractivity contribution in [1.82, 2.24) is 25.1 Å². The van der Waals surface area contributed by atoms with Gasteiger partial charge in [0.25, 0.3) is 5.91 Å². The van der Waals surface area contributed by atoms with E-state index in [-0.39, 0.29) is 17.5 Å². The molecule has 1 aliphatic rings. The van der Waals surface area contributed by atoms with Gasteiger partial charge in [-0.2, -0.15) is 23.5 Å². The molecular formula is C24H24F3N7O. The summed E-state index contributed by atoms with van der Waals surface area (Å²) in [5.74, 6) is -0.304. The van der Waals surface area contributed by atoms with Crippen molar-refractivity contribution in [2.45, 2.75) is 44.8 Å². The van der Waals surface area contributed by atoms with Gasteiger partial charge < -0.3 is 10.6 Å².